The van der Waals surface area contributed by atoms with Crippen molar-refractivity contribution in [1.82, 2.24) is 5.32 Å². The van der Waals surface area contributed by atoms with Crippen LogP contribution in [0.5, 0.6) is 0 Å². The maximum absolute atomic E-state index is 11.9. The molecule has 112 valence electrons. The number of carbonyl (C=O) groups is 1. The third-order valence-corrected chi connectivity index (χ3v) is 4.14. The Kier molecular flexibility index (Phi) is 6.67. The molecule has 0 fully saturated rings. The lowest BCUT2D eigenvalue weighted by atomic mass is 10.2. The number of hydrogen-bond donors (Lipinski definition) is 1. The molecule has 1 N–H and O–H groups in total. The van der Waals surface area contributed by atoms with Gasteiger partial charge in [-0.3, -0.25) is 4.79 Å². The molecule has 0 bridgehead atoms. The van der Waals surface area contributed by atoms with Crippen molar-refractivity contribution in [3.05, 3.63) is 35.4 Å². The average Bonchev–Trinajstić information content (AvgIpc) is 2.33. The van der Waals surface area contributed by atoms with E-state index in [9.17, 15) is 13.2 Å². The second-order valence-electron chi connectivity index (χ2n) is 4.72. The van der Waals surface area contributed by atoms with Gasteiger partial charge in [0.2, 0.25) is 5.91 Å². The Morgan fingerprint density at radius 2 is 2.10 bits per heavy atom. The molecule has 1 amide bonds. The van der Waals surface area contributed by atoms with Crippen molar-refractivity contribution in [3.8, 4) is 0 Å². The van der Waals surface area contributed by atoms with E-state index in [-0.39, 0.29) is 5.75 Å². The first-order valence-corrected chi connectivity index (χ1v) is 8.27. The molecule has 0 saturated heterocycles. The average molecular weight is 299 g/mol. The second-order valence-corrected chi connectivity index (χ2v) is 6.78. The monoisotopic (exact) mass is 299 g/mol. The molecule has 0 saturated carbocycles. The summed E-state index contributed by atoms with van der Waals surface area (Å²) in [6, 6.07) is 7.28. The number of ether oxygens (including phenoxy) is 1. The molecule has 5 nitrogen and oxygen atoms in total. The zero-order valence-corrected chi connectivity index (χ0v) is 12.7. The van der Waals surface area contributed by atoms with Gasteiger partial charge in [-0.15, -0.1) is 0 Å². The van der Waals surface area contributed by atoms with Crippen molar-refractivity contribution in [1.29, 1.82) is 0 Å². The summed E-state index contributed by atoms with van der Waals surface area (Å²) in [7, 11) is -1.86. The largest absolute Gasteiger partial charge is 0.385 e. The highest BCUT2D eigenvalue weighted by Gasteiger charge is 2.17. The van der Waals surface area contributed by atoms with Crippen molar-refractivity contribution in [2.45, 2.75) is 19.1 Å². The molecular formula is C14H21NO4S. The van der Waals surface area contributed by atoms with E-state index >= 15 is 0 Å². The minimum atomic E-state index is -3.44. The van der Waals surface area contributed by atoms with E-state index in [0.29, 0.717) is 25.1 Å². The number of rotatable bonds is 8. The molecule has 20 heavy (non-hydrogen) atoms. The van der Waals surface area contributed by atoms with Crippen molar-refractivity contribution < 1.29 is 17.9 Å². The Labute approximate surface area is 120 Å². The van der Waals surface area contributed by atoms with E-state index in [1.165, 1.54) is 0 Å². The van der Waals surface area contributed by atoms with Gasteiger partial charge in [0.1, 0.15) is 5.75 Å². The van der Waals surface area contributed by atoms with E-state index in [0.717, 1.165) is 5.56 Å². The van der Waals surface area contributed by atoms with Crippen LogP contribution >= 0.6 is 0 Å². The topological polar surface area (TPSA) is 72.5 Å². The third kappa shape index (κ3) is 6.68. The molecule has 0 heterocycles. The molecular weight excluding hydrogens is 278 g/mol. The summed E-state index contributed by atoms with van der Waals surface area (Å²) in [5.74, 6) is -1.05. The Morgan fingerprint density at radius 3 is 2.75 bits per heavy atom. The summed E-state index contributed by atoms with van der Waals surface area (Å²) in [5.41, 5.74) is 1.71. The zero-order valence-electron chi connectivity index (χ0n) is 11.9. The van der Waals surface area contributed by atoms with Gasteiger partial charge in [-0.25, -0.2) is 8.42 Å². The van der Waals surface area contributed by atoms with Crippen molar-refractivity contribution >= 4 is 15.7 Å². The van der Waals surface area contributed by atoms with Gasteiger partial charge in [-0.1, -0.05) is 29.8 Å². The van der Waals surface area contributed by atoms with E-state index in [2.05, 4.69) is 5.32 Å². The highest BCUT2D eigenvalue weighted by atomic mass is 32.2. The maximum Gasteiger partial charge on any atom is 0.235 e. The van der Waals surface area contributed by atoms with Gasteiger partial charge in [0.15, 0.2) is 9.84 Å². The fourth-order valence-electron chi connectivity index (χ4n) is 1.80. The van der Waals surface area contributed by atoms with Crippen LogP contribution in [0.2, 0.25) is 0 Å². The molecule has 0 radical (unpaired) electrons. The number of aryl methyl sites for hydroxylation is 1. The Hall–Kier alpha value is -1.40. The lowest BCUT2D eigenvalue weighted by Gasteiger charge is -2.07. The Bertz CT molecular complexity index is 540. The van der Waals surface area contributed by atoms with E-state index in [1.54, 1.807) is 13.2 Å². The highest BCUT2D eigenvalue weighted by molar-refractivity contribution is 7.91. The Balaban J connectivity index is 2.47. The number of carbonyl (C=O) groups excluding carboxylic acids is 1. The maximum atomic E-state index is 11.9. The first-order chi connectivity index (χ1) is 9.43. The number of nitrogens with one attached hydrogen (secondary N) is 1. The van der Waals surface area contributed by atoms with Gasteiger partial charge in [0.05, 0.1) is 5.75 Å². The van der Waals surface area contributed by atoms with E-state index in [4.69, 9.17) is 4.74 Å². The summed E-state index contributed by atoms with van der Waals surface area (Å²) in [6.07, 6.45) is 0.667. The van der Waals surface area contributed by atoms with Crippen LogP contribution in [0.3, 0.4) is 0 Å². The highest BCUT2D eigenvalue weighted by Crippen LogP contribution is 2.09. The zero-order chi connectivity index (χ0) is 15.0. The minimum Gasteiger partial charge on any atom is -0.385 e. The summed E-state index contributed by atoms with van der Waals surface area (Å²) in [5, 5.41) is 2.57. The second kappa shape index (κ2) is 8.01. The van der Waals surface area contributed by atoms with E-state index in [1.807, 2.05) is 25.1 Å². The fraction of sp³-hybridized carbons (Fsp3) is 0.500. The van der Waals surface area contributed by atoms with Gasteiger partial charge >= 0.3 is 0 Å². The molecule has 0 unspecified atom stereocenters. The molecule has 0 aliphatic carbocycles. The summed E-state index contributed by atoms with van der Waals surface area (Å²) in [4.78, 5) is 11.5. The van der Waals surface area contributed by atoms with Crippen molar-refractivity contribution in [2.75, 3.05) is 26.0 Å². The van der Waals surface area contributed by atoms with Gasteiger partial charge in [0.25, 0.3) is 0 Å². The number of benzene rings is 1. The van der Waals surface area contributed by atoms with E-state index < -0.39 is 21.5 Å². The first-order valence-electron chi connectivity index (χ1n) is 6.44. The fourth-order valence-corrected chi connectivity index (χ4v) is 3.09. The van der Waals surface area contributed by atoms with Crippen molar-refractivity contribution in [2.24, 2.45) is 0 Å². The standard InChI is InChI=1S/C14H21NO4S/c1-12-5-3-6-13(9-12)10-20(17,18)11-14(16)15-7-4-8-19-2/h3,5-6,9H,4,7-8,10-11H2,1-2H3,(H,15,16). The predicted molar refractivity (Wildman–Crippen MR) is 78.2 cm³/mol. The molecule has 0 aliphatic heterocycles. The normalized spacial score (nSPS) is 11.3. The lowest BCUT2D eigenvalue weighted by molar-refractivity contribution is -0.118. The van der Waals surface area contributed by atoms with Crippen LogP contribution in [0.4, 0.5) is 0 Å². The van der Waals surface area contributed by atoms with Crippen LogP contribution in [0.1, 0.15) is 17.5 Å². The summed E-state index contributed by atoms with van der Waals surface area (Å²) >= 11 is 0. The quantitative estimate of drug-likeness (QED) is 0.729. The summed E-state index contributed by atoms with van der Waals surface area (Å²) in [6.45, 7) is 2.86. The molecule has 1 aromatic carbocycles. The SMILES string of the molecule is COCCCNC(=O)CS(=O)(=O)Cc1cccc(C)c1. The third-order valence-electron chi connectivity index (χ3n) is 2.67. The van der Waals surface area contributed by atoms with Gasteiger partial charge < -0.3 is 10.1 Å². The molecule has 0 atom stereocenters. The molecule has 6 heteroatoms. The van der Waals surface area contributed by atoms with Gasteiger partial charge in [-0.05, 0) is 18.9 Å². The number of hydrogen-bond acceptors (Lipinski definition) is 4. The first kappa shape index (κ1) is 16.7. The number of amides is 1. The predicted octanol–water partition coefficient (Wildman–Crippen LogP) is 1.06. The molecule has 1 rings (SSSR count). The molecule has 0 spiro atoms. The minimum absolute atomic E-state index is 0.111. The summed E-state index contributed by atoms with van der Waals surface area (Å²) < 4.78 is 28.7. The van der Waals surface area contributed by atoms with Gasteiger partial charge in [-0.2, -0.15) is 0 Å². The number of sulfone groups is 1. The molecule has 0 aromatic heterocycles. The number of methoxy groups -OCH3 is 1. The Morgan fingerprint density at radius 1 is 1.35 bits per heavy atom. The van der Waals surface area contributed by atoms with Crippen LogP contribution in [-0.4, -0.2) is 40.3 Å². The lowest BCUT2D eigenvalue weighted by Crippen LogP contribution is -2.31. The van der Waals surface area contributed by atoms with Crippen LogP contribution in [0.15, 0.2) is 24.3 Å². The van der Waals surface area contributed by atoms with Crippen LogP contribution in [0, 0.1) is 6.92 Å². The molecule has 0 aliphatic rings. The van der Waals surface area contributed by atoms with Gasteiger partial charge in [0, 0.05) is 20.3 Å². The molecule has 1 aromatic rings. The van der Waals surface area contributed by atoms with Crippen LogP contribution in [-0.2, 0) is 25.1 Å². The van der Waals surface area contributed by atoms with Crippen LogP contribution < -0.4 is 5.32 Å². The van der Waals surface area contributed by atoms with Crippen molar-refractivity contribution in [3.63, 3.8) is 0 Å². The smallest absolute Gasteiger partial charge is 0.235 e. The van der Waals surface area contributed by atoms with Crippen LogP contribution in [0.25, 0.3) is 0 Å².